The van der Waals surface area contributed by atoms with E-state index in [0.29, 0.717) is 17.6 Å². The van der Waals surface area contributed by atoms with E-state index >= 15 is 0 Å². The molecule has 118 valence electrons. The maximum absolute atomic E-state index is 5.70. The monoisotopic (exact) mass is 308 g/mol. The standard InChI is InChI=1S/C19H20N2O2/c1-13(2)15-7-9-17(10-8-15)22-12-18-20-19(21-23-18)16-6-4-5-14(3)11-16/h4-11,13H,12H2,1-3H3. The number of hydrogen-bond donors (Lipinski definition) is 0. The molecule has 2 aromatic carbocycles. The molecular weight excluding hydrogens is 288 g/mol. The first-order valence-corrected chi connectivity index (χ1v) is 7.74. The van der Waals surface area contributed by atoms with Crippen molar-refractivity contribution in [2.75, 3.05) is 0 Å². The van der Waals surface area contributed by atoms with Gasteiger partial charge in [0.15, 0.2) is 6.61 Å². The van der Waals surface area contributed by atoms with Crippen LogP contribution in [0.2, 0.25) is 0 Å². The maximum atomic E-state index is 5.70. The summed E-state index contributed by atoms with van der Waals surface area (Å²) >= 11 is 0. The van der Waals surface area contributed by atoms with E-state index in [0.717, 1.165) is 16.9 Å². The second kappa shape index (κ2) is 6.65. The Balaban J connectivity index is 1.65. The van der Waals surface area contributed by atoms with Crippen LogP contribution < -0.4 is 4.74 Å². The van der Waals surface area contributed by atoms with E-state index in [-0.39, 0.29) is 6.61 Å². The molecule has 3 rings (SSSR count). The van der Waals surface area contributed by atoms with Crippen molar-refractivity contribution in [3.8, 4) is 17.1 Å². The number of aryl methyl sites for hydroxylation is 1. The van der Waals surface area contributed by atoms with Gasteiger partial charge >= 0.3 is 0 Å². The zero-order valence-corrected chi connectivity index (χ0v) is 13.6. The van der Waals surface area contributed by atoms with Crippen LogP contribution in [-0.4, -0.2) is 10.1 Å². The number of nitrogens with zero attached hydrogens (tertiary/aromatic N) is 2. The summed E-state index contributed by atoms with van der Waals surface area (Å²) < 4.78 is 11.0. The van der Waals surface area contributed by atoms with Gasteiger partial charge in [0.1, 0.15) is 5.75 Å². The summed E-state index contributed by atoms with van der Waals surface area (Å²) in [5.74, 6) is 2.36. The molecule has 4 nitrogen and oxygen atoms in total. The first kappa shape index (κ1) is 15.3. The fourth-order valence-corrected chi connectivity index (χ4v) is 2.31. The molecule has 0 unspecified atom stereocenters. The SMILES string of the molecule is Cc1cccc(-c2noc(COc3ccc(C(C)C)cc3)n2)c1. The lowest BCUT2D eigenvalue weighted by Gasteiger charge is -2.07. The van der Waals surface area contributed by atoms with Crippen LogP contribution in [0.25, 0.3) is 11.4 Å². The summed E-state index contributed by atoms with van der Waals surface area (Å²) in [5, 5.41) is 4.01. The smallest absolute Gasteiger partial charge is 0.264 e. The summed E-state index contributed by atoms with van der Waals surface area (Å²) in [7, 11) is 0. The average Bonchev–Trinajstić information content (AvgIpc) is 3.02. The van der Waals surface area contributed by atoms with Crippen LogP contribution in [0.15, 0.2) is 53.1 Å². The minimum absolute atomic E-state index is 0.264. The van der Waals surface area contributed by atoms with E-state index in [1.807, 2.05) is 43.3 Å². The Bertz CT molecular complexity index is 776. The number of ether oxygens (including phenoxy) is 1. The van der Waals surface area contributed by atoms with Gasteiger partial charge in [0.25, 0.3) is 5.89 Å². The van der Waals surface area contributed by atoms with Gasteiger partial charge in [0, 0.05) is 5.56 Å². The van der Waals surface area contributed by atoms with Gasteiger partial charge in [-0.3, -0.25) is 0 Å². The highest BCUT2D eigenvalue weighted by Gasteiger charge is 2.09. The molecule has 0 aliphatic rings. The first-order valence-electron chi connectivity index (χ1n) is 7.74. The normalized spacial score (nSPS) is 11.0. The van der Waals surface area contributed by atoms with E-state index < -0.39 is 0 Å². The number of aromatic nitrogens is 2. The van der Waals surface area contributed by atoms with Gasteiger partial charge in [-0.05, 0) is 36.6 Å². The predicted octanol–water partition coefficient (Wildman–Crippen LogP) is 4.75. The second-order valence-electron chi connectivity index (χ2n) is 5.89. The Morgan fingerprint density at radius 3 is 2.57 bits per heavy atom. The van der Waals surface area contributed by atoms with Crippen LogP contribution in [0.1, 0.15) is 36.8 Å². The van der Waals surface area contributed by atoms with Crippen LogP contribution in [0.4, 0.5) is 0 Å². The van der Waals surface area contributed by atoms with Crippen molar-refractivity contribution in [2.45, 2.75) is 33.3 Å². The van der Waals surface area contributed by atoms with Crippen LogP contribution in [-0.2, 0) is 6.61 Å². The van der Waals surface area contributed by atoms with Crippen molar-refractivity contribution in [2.24, 2.45) is 0 Å². The summed E-state index contributed by atoms with van der Waals surface area (Å²) in [5.41, 5.74) is 3.40. The lowest BCUT2D eigenvalue weighted by atomic mass is 10.0. The summed E-state index contributed by atoms with van der Waals surface area (Å²) in [4.78, 5) is 4.38. The highest BCUT2D eigenvalue weighted by molar-refractivity contribution is 5.55. The van der Waals surface area contributed by atoms with Crippen LogP contribution in [0.5, 0.6) is 5.75 Å². The molecule has 0 bridgehead atoms. The topological polar surface area (TPSA) is 48.2 Å². The Hall–Kier alpha value is -2.62. The van der Waals surface area contributed by atoms with Crippen molar-refractivity contribution in [1.82, 2.24) is 10.1 Å². The molecule has 0 aliphatic heterocycles. The Morgan fingerprint density at radius 2 is 1.87 bits per heavy atom. The number of rotatable bonds is 5. The maximum Gasteiger partial charge on any atom is 0.264 e. The average molecular weight is 308 g/mol. The van der Waals surface area contributed by atoms with Gasteiger partial charge in [0.05, 0.1) is 0 Å². The molecule has 0 spiro atoms. The highest BCUT2D eigenvalue weighted by Crippen LogP contribution is 2.20. The number of hydrogen-bond acceptors (Lipinski definition) is 4. The molecule has 1 heterocycles. The molecule has 0 aliphatic carbocycles. The zero-order chi connectivity index (χ0) is 16.2. The lowest BCUT2D eigenvalue weighted by molar-refractivity contribution is 0.243. The molecule has 1 aromatic heterocycles. The minimum atomic E-state index is 0.264. The molecule has 0 saturated heterocycles. The molecule has 3 aromatic rings. The molecule has 0 N–H and O–H groups in total. The van der Waals surface area contributed by atoms with Crippen LogP contribution in [0, 0.1) is 6.92 Å². The van der Waals surface area contributed by atoms with Crippen molar-refractivity contribution in [3.63, 3.8) is 0 Å². The summed E-state index contributed by atoms with van der Waals surface area (Å²) in [6, 6.07) is 16.1. The Morgan fingerprint density at radius 1 is 1.09 bits per heavy atom. The fraction of sp³-hybridized carbons (Fsp3) is 0.263. The first-order chi connectivity index (χ1) is 11.1. The third-order valence-corrected chi connectivity index (χ3v) is 3.65. The molecule has 0 saturated carbocycles. The molecule has 0 atom stereocenters. The molecule has 0 radical (unpaired) electrons. The fourth-order valence-electron chi connectivity index (χ4n) is 2.31. The van der Waals surface area contributed by atoms with Gasteiger partial charge < -0.3 is 9.26 Å². The Kier molecular flexibility index (Phi) is 4.42. The van der Waals surface area contributed by atoms with Gasteiger partial charge in [0.2, 0.25) is 5.82 Å². The zero-order valence-electron chi connectivity index (χ0n) is 13.6. The van der Waals surface area contributed by atoms with E-state index in [9.17, 15) is 0 Å². The van der Waals surface area contributed by atoms with Gasteiger partial charge in [-0.15, -0.1) is 0 Å². The number of benzene rings is 2. The highest BCUT2D eigenvalue weighted by atomic mass is 16.5. The van der Waals surface area contributed by atoms with E-state index in [2.05, 4.69) is 36.1 Å². The van der Waals surface area contributed by atoms with E-state index in [1.165, 1.54) is 5.56 Å². The van der Waals surface area contributed by atoms with Gasteiger partial charge in [-0.1, -0.05) is 54.9 Å². The second-order valence-corrected chi connectivity index (χ2v) is 5.89. The predicted molar refractivity (Wildman–Crippen MR) is 89.3 cm³/mol. The minimum Gasteiger partial charge on any atom is -0.484 e. The molecule has 4 heteroatoms. The molecule has 0 amide bonds. The van der Waals surface area contributed by atoms with Crippen molar-refractivity contribution < 1.29 is 9.26 Å². The van der Waals surface area contributed by atoms with E-state index in [1.54, 1.807) is 0 Å². The molecule has 23 heavy (non-hydrogen) atoms. The molecular formula is C19H20N2O2. The van der Waals surface area contributed by atoms with Gasteiger partial charge in [-0.2, -0.15) is 4.98 Å². The summed E-state index contributed by atoms with van der Waals surface area (Å²) in [6.07, 6.45) is 0. The van der Waals surface area contributed by atoms with Gasteiger partial charge in [-0.25, -0.2) is 0 Å². The van der Waals surface area contributed by atoms with E-state index in [4.69, 9.17) is 9.26 Å². The Labute approximate surface area is 136 Å². The van der Waals surface area contributed by atoms with Crippen molar-refractivity contribution in [1.29, 1.82) is 0 Å². The third kappa shape index (κ3) is 3.77. The van der Waals surface area contributed by atoms with Crippen molar-refractivity contribution in [3.05, 3.63) is 65.5 Å². The quantitative estimate of drug-likeness (QED) is 0.682. The summed E-state index contributed by atoms with van der Waals surface area (Å²) in [6.45, 7) is 6.64. The molecule has 0 fully saturated rings. The third-order valence-electron chi connectivity index (χ3n) is 3.65. The largest absolute Gasteiger partial charge is 0.484 e. The lowest BCUT2D eigenvalue weighted by Crippen LogP contribution is -1.96. The van der Waals surface area contributed by atoms with Crippen LogP contribution >= 0.6 is 0 Å². The van der Waals surface area contributed by atoms with Crippen LogP contribution in [0.3, 0.4) is 0 Å². The van der Waals surface area contributed by atoms with Crippen molar-refractivity contribution >= 4 is 0 Å².